The third kappa shape index (κ3) is 3.70. The van der Waals surface area contributed by atoms with Crippen molar-refractivity contribution in [1.82, 2.24) is 0 Å². The first-order valence-electron chi connectivity index (χ1n) is 10.1. The molecule has 1 N–H and O–H groups in total. The Hall–Kier alpha value is -4.52. The van der Waals surface area contributed by atoms with E-state index in [4.69, 9.17) is 8.83 Å². The summed E-state index contributed by atoms with van der Waals surface area (Å²) in [6.45, 7) is 1.84. The Balaban J connectivity index is 1.59. The van der Waals surface area contributed by atoms with Gasteiger partial charge in [0.2, 0.25) is 5.78 Å². The molecule has 0 aliphatic heterocycles. The number of fused-ring (bicyclic) bond motifs is 2. The highest BCUT2D eigenvalue weighted by Gasteiger charge is 2.25. The summed E-state index contributed by atoms with van der Waals surface area (Å²) in [4.78, 5) is 38.6. The molecule has 5 aromatic rings. The predicted octanol–water partition coefficient (Wildman–Crippen LogP) is 5.47. The largest absolute Gasteiger partial charge is 0.451 e. The molecule has 33 heavy (non-hydrogen) atoms. The van der Waals surface area contributed by atoms with Crippen molar-refractivity contribution < 1.29 is 22.8 Å². The average molecular weight is 441 g/mol. The van der Waals surface area contributed by atoms with Gasteiger partial charge in [-0.3, -0.25) is 14.4 Å². The van der Waals surface area contributed by atoms with E-state index in [0.29, 0.717) is 16.4 Å². The van der Waals surface area contributed by atoms with Gasteiger partial charge in [-0.2, -0.15) is 0 Å². The van der Waals surface area contributed by atoms with Crippen molar-refractivity contribution in [2.75, 3.05) is 5.32 Å². The topological polar surface area (TPSA) is 89.5 Å². The maximum atomic E-state index is 13.3. The van der Waals surface area contributed by atoms with Crippen LogP contribution >= 0.6 is 0 Å². The van der Waals surface area contributed by atoms with Crippen molar-refractivity contribution in [1.29, 1.82) is 0 Å². The number of benzene rings is 3. The SMILES string of the molecule is Cc1ccc2c(=O)cc(C(=O)Nc3c(C(=O)c4ccc(F)cc4)oc4ccccc34)oc2c1. The Kier molecular flexibility index (Phi) is 4.86. The zero-order valence-electron chi connectivity index (χ0n) is 17.3. The van der Waals surface area contributed by atoms with Crippen molar-refractivity contribution in [3.8, 4) is 0 Å². The van der Waals surface area contributed by atoms with E-state index in [2.05, 4.69) is 5.32 Å². The summed E-state index contributed by atoms with van der Waals surface area (Å²) >= 11 is 0. The Labute approximate surface area is 186 Å². The van der Waals surface area contributed by atoms with E-state index in [9.17, 15) is 18.8 Å². The Morgan fingerprint density at radius 2 is 1.61 bits per heavy atom. The molecule has 0 radical (unpaired) electrons. The molecule has 0 spiro atoms. The monoisotopic (exact) mass is 441 g/mol. The molecule has 0 fully saturated rings. The molecular formula is C26H16FNO5. The maximum absolute atomic E-state index is 13.3. The smallest absolute Gasteiger partial charge is 0.291 e. The highest BCUT2D eigenvalue weighted by Crippen LogP contribution is 2.33. The van der Waals surface area contributed by atoms with Crippen LogP contribution in [-0.2, 0) is 0 Å². The summed E-state index contributed by atoms with van der Waals surface area (Å²) < 4.78 is 24.7. The van der Waals surface area contributed by atoms with Gasteiger partial charge >= 0.3 is 0 Å². The van der Waals surface area contributed by atoms with Crippen LogP contribution in [-0.4, -0.2) is 11.7 Å². The molecular weight excluding hydrogens is 425 g/mol. The first-order chi connectivity index (χ1) is 15.9. The summed E-state index contributed by atoms with van der Waals surface area (Å²) in [5.41, 5.74) is 1.51. The van der Waals surface area contributed by atoms with Crippen LogP contribution in [0.25, 0.3) is 21.9 Å². The molecule has 0 bridgehead atoms. The minimum absolute atomic E-state index is 0.116. The first-order valence-corrected chi connectivity index (χ1v) is 10.1. The van der Waals surface area contributed by atoms with Crippen molar-refractivity contribution in [3.63, 3.8) is 0 Å². The van der Waals surface area contributed by atoms with Crippen molar-refractivity contribution in [2.45, 2.75) is 6.92 Å². The molecule has 2 aromatic heterocycles. The van der Waals surface area contributed by atoms with E-state index in [1.807, 2.05) is 6.92 Å². The van der Waals surface area contributed by atoms with Gasteiger partial charge in [-0.1, -0.05) is 18.2 Å². The molecule has 2 heterocycles. The van der Waals surface area contributed by atoms with Gasteiger partial charge in [0.25, 0.3) is 5.91 Å². The van der Waals surface area contributed by atoms with Gasteiger partial charge < -0.3 is 14.2 Å². The van der Waals surface area contributed by atoms with Crippen molar-refractivity contribution in [2.24, 2.45) is 0 Å². The standard InChI is InChI=1S/C26H16FNO5/c1-14-6-11-17-19(29)13-22(32-21(17)12-14)26(31)28-23-18-4-2-3-5-20(18)33-25(23)24(30)15-7-9-16(27)10-8-15/h2-13H,1H3,(H,28,31). The second-order valence-electron chi connectivity index (χ2n) is 7.57. The minimum atomic E-state index is -0.713. The van der Waals surface area contributed by atoms with E-state index in [0.717, 1.165) is 11.6 Å². The number of halogens is 1. The molecule has 0 atom stereocenters. The number of hydrogen-bond acceptors (Lipinski definition) is 5. The zero-order valence-corrected chi connectivity index (χ0v) is 17.3. The number of aryl methyl sites for hydroxylation is 1. The Morgan fingerprint density at radius 1 is 0.848 bits per heavy atom. The molecule has 0 aliphatic carbocycles. The molecule has 0 unspecified atom stereocenters. The van der Waals surface area contributed by atoms with Crippen LogP contribution in [0.15, 0.2) is 86.4 Å². The minimum Gasteiger partial charge on any atom is -0.451 e. The normalized spacial score (nSPS) is 11.1. The fraction of sp³-hybridized carbons (Fsp3) is 0.0385. The van der Waals surface area contributed by atoms with E-state index in [1.54, 1.807) is 42.5 Å². The van der Waals surface area contributed by atoms with Crippen LogP contribution < -0.4 is 10.7 Å². The van der Waals surface area contributed by atoms with Gasteiger partial charge in [-0.25, -0.2) is 4.39 Å². The quantitative estimate of drug-likeness (QED) is 0.374. The molecule has 0 saturated heterocycles. The van der Waals surface area contributed by atoms with Gasteiger partial charge in [0.15, 0.2) is 16.9 Å². The van der Waals surface area contributed by atoms with Gasteiger partial charge in [0.05, 0.1) is 11.1 Å². The van der Waals surface area contributed by atoms with Crippen LogP contribution in [0.1, 0.15) is 32.2 Å². The lowest BCUT2D eigenvalue weighted by atomic mass is 10.1. The number of para-hydroxylation sites is 1. The van der Waals surface area contributed by atoms with E-state index in [1.165, 1.54) is 24.3 Å². The number of anilines is 1. The number of nitrogens with one attached hydrogen (secondary N) is 1. The van der Waals surface area contributed by atoms with Crippen LogP contribution in [0.4, 0.5) is 10.1 Å². The molecule has 0 aliphatic rings. The molecule has 3 aromatic carbocycles. The lowest BCUT2D eigenvalue weighted by Gasteiger charge is -2.07. The summed E-state index contributed by atoms with van der Waals surface area (Å²) in [5.74, 6) is -2.04. The third-order valence-corrected chi connectivity index (χ3v) is 5.26. The number of ketones is 1. The highest BCUT2D eigenvalue weighted by atomic mass is 19.1. The van der Waals surface area contributed by atoms with E-state index < -0.39 is 17.5 Å². The van der Waals surface area contributed by atoms with Crippen molar-refractivity contribution >= 4 is 39.3 Å². The van der Waals surface area contributed by atoms with Gasteiger partial charge in [-0.15, -0.1) is 0 Å². The number of hydrogen-bond donors (Lipinski definition) is 1. The maximum Gasteiger partial charge on any atom is 0.291 e. The fourth-order valence-corrected chi connectivity index (χ4v) is 3.61. The lowest BCUT2D eigenvalue weighted by molar-refractivity contribution is 0.0997. The molecule has 7 heteroatoms. The Bertz CT molecular complexity index is 1610. The summed E-state index contributed by atoms with van der Waals surface area (Å²) in [6.07, 6.45) is 0. The second-order valence-corrected chi connectivity index (χ2v) is 7.57. The molecule has 162 valence electrons. The first kappa shape index (κ1) is 20.4. The van der Waals surface area contributed by atoms with Crippen LogP contribution in [0.2, 0.25) is 0 Å². The van der Waals surface area contributed by atoms with E-state index >= 15 is 0 Å². The predicted molar refractivity (Wildman–Crippen MR) is 121 cm³/mol. The number of carbonyl (C=O) groups excluding carboxylic acids is 2. The van der Waals surface area contributed by atoms with Gasteiger partial charge in [0, 0.05) is 17.0 Å². The number of amides is 1. The average Bonchev–Trinajstić information content (AvgIpc) is 3.17. The summed E-state index contributed by atoms with van der Waals surface area (Å²) in [6, 6.07) is 18.0. The van der Waals surface area contributed by atoms with Gasteiger partial charge in [-0.05, 0) is 61.0 Å². The summed E-state index contributed by atoms with van der Waals surface area (Å²) in [7, 11) is 0. The molecule has 6 nitrogen and oxygen atoms in total. The number of carbonyl (C=O) groups is 2. The zero-order chi connectivity index (χ0) is 23.1. The van der Waals surface area contributed by atoms with Crippen LogP contribution in [0.5, 0.6) is 0 Å². The molecule has 0 saturated carbocycles. The van der Waals surface area contributed by atoms with Gasteiger partial charge in [0.1, 0.15) is 17.0 Å². The third-order valence-electron chi connectivity index (χ3n) is 5.26. The van der Waals surface area contributed by atoms with Crippen LogP contribution in [0.3, 0.4) is 0 Å². The van der Waals surface area contributed by atoms with Crippen LogP contribution in [0, 0.1) is 12.7 Å². The fourth-order valence-electron chi connectivity index (χ4n) is 3.61. The number of rotatable bonds is 4. The lowest BCUT2D eigenvalue weighted by Crippen LogP contribution is -2.16. The summed E-state index contributed by atoms with van der Waals surface area (Å²) in [5, 5.41) is 3.51. The highest BCUT2D eigenvalue weighted by molar-refractivity contribution is 6.18. The van der Waals surface area contributed by atoms with E-state index in [-0.39, 0.29) is 33.8 Å². The molecule has 1 amide bonds. The Morgan fingerprint density at radius 3 is 2.39 bits per heavy atom. The second kappa shape index (κ2) is 7.87. The molecule has 5 rings (SSSR count). The number of furan rings is 1. The van der Waals surface area contributed by atoms with Crippen molar-refractivity contribution in [3.05, 3.63) is 111 Å².